The second-order valence-electron chi connectivity index (χ2n) is 6.76. The van der Waals surface area contributed by atoms with Gasteiger partial charge in [-0.05, 0) is 36.6 Å². The number of hydrogen-bond acceptors (Lipinski definition) is 2. The van der Waals surface area contributed by atoms with Crippen molar-refractivity contribution in [2.45, 2.75) is 52.5 Å². The third-order valence-corrected chi connectivity index (χ3v) is 4.56. The van der Waals surface area contributed by atoms with E-state index in [1.165, 1.54) is 45.3 Å². The van der Waals surface area contributed by atoms with Crippen LogP contribution < -0.4 is 5.73 Å². The summed E-state index contributed by atoms with van der Waals surface area (Å²) < 4.78 is 0. The summed E-state index contributed by atoms with van der Waals surface area (Å²) in [6.07, 6.45) is 5.46. The molecule has 3 heteroatoms. The molecule has 2 aliphatic rings. The van der Waals surface area contributed by atoms with E-state index in [1.54, 1.807) is 0 Å². The van der Waals surface area contributed by atoms with Crippen molar-refractivity contribution in [1.29, 1.82) is 0 Å². The Morgan fingerprint density at radius 3 is 2.31 bits per heavy atom. The maximum Gasteiger partial charge on any atom is 0.0115 e. The predicted octanol–water partition coefficient (Wildman–Crippen LogP) is 2.66. The Morgan fingerprint density at radius 1 is 1.25 bits per heavy atom. The molecule has 1 unspecified atom stereocenters. The topological polar surface area (TPSA) is 29.3 Å². The Hall–Kier alpha value is 0.210. The molecule has 1 saturated carbocycles. The zero-order chi connectivity index (χ0) is 11.1. The number of hydrogen-bond donors (Lipinski definition) is 1. The number of rotatable bonds is 2. The molecular weight excluding hydrogens is 220 g/mol. The summed E-state index contributed by atoms with van der Waals surface area (Å²) in [6.45, 7) is 10.8. The second kappa shape index (κ2) is 4.83. The van der Waals surface area contributed by atoms with Crippen LogP contribution in [-0.4, -0.2) is 30.6 Å². The predicted molar refractivity (Wildman–Crippen MR) is 72.0 cm³/mol. The van der Waals surface area contributed by atoms with Crippen molar-refractivity contribution in [2.24, 2.45) is 16.6 Å². The van der Waals surface area contributed by atoms with Gasteiger partial charge < -0.3 is 10.6 Å². The van der Waals surface area contributed by atoms with E-state index < -0.39 is 0 Å². The Labute approximate surface area is 106 Å². The maximum atomic E-state index is 6.16. The first-order valence-corrected chi connectivity index (χ1v) is 6.39. The minimum absolute atomic E-state index is 0. The third kappa shape index (κ3) is 2.91. The van der Waals surface area contributed by atoms with Crippen LogP contribution in [0.1, 0.15) is 46.5 Å². The van der Waals surface area contributed by atoms with Gasteiger partial charge in [-0.3, -0.25) is 0 Å². The van der Waals surface area contributed by atoms with Crippen LogP contribution in [0.15, 0.2) is 0 Å². The number of halogens is 1. The van der Waals surface area contributed by atoms with E-state index in [9.17, 15) is 0 Å². The summed E-state index contributed by atoms with van der Waals surface area (Å²) in [5.74, 6) is 0. The van der Waals surface area contributed by atoms with Crippen molar-refractivity contribution in [3.63, 3.8) is 0 Å². The molecule has 0 aromatic heterocycles. The standard InChI is InChI=1S/C13H26N2.ClH/c1-12(2)9-15(8-5-11(12)14)10-13(3)6-4-7-13;/h11H,4-10,14H2,1-3H3;1H. The van der Waals surface area contributed by atoms with E-state index in [4.69, 9.17) is 5.73 Å². The molecule has 2 fully saturated rings. The molecule has 1 saturated heterocycles. The van der Waals surface area contributed by atoms with Gasteiger partial charge in [-0.25, -0.2) is 0 Å². The van der Waals surface area contributed by atoms with Crippen LogP contribution in [0.4, 0.5) is 0 Å². The molecule has 0 aromatic carbocycles. The number of nitrogens with zero attached hydrogens (tertiary/aromatic N) is 1. The van der Waals surface area contributed by atoms with Crippen LogP contribution in [0, 0.1) is 10.8 Å². The minimum atomic E-state index is 0. The van der Waals surface area contributed by atoms with Gasteiger partial charge in [0, 0.05) is 19.1 Å². The molecule has 2 nitrogen and oxygen atoms in total. The lowest BCUT2D eigenvalue weighted by molar-refractivity contribution is 0.0286. The van der Waals surface area contributed by atoms with Crippen LogP contribution >= 0.6 is 12.4 Å². The van der Waals surface area contributed by atoms with E-state index >= 15 is 0 Å². The molecule has 2 N–H and O–H groups in total. The molecular formula is C13H27ClN2. The summed E-state index contributed by atoms with van der Waals surface area (Å²) in [6, 6.07) is 0.392. The first-order chi connectivity index (χ1) is 6.91. The summed E-state index contributed by atoms with van der Waals surface area (Å²) in [5.41, 5.74) is 7.08. The summed E-state index contributed by atoms with van der Waals surface area (Å²) >= 11 is 0. The van der Waals surface area contributed by atoms with E-state index in [0.717, 1.165) is 0 Å². The number of piperidine rings is 1. The Bertz CT molecular complexity index is 234. The molecule has 0 aromatic rings. The number of nitrogens with two attached hydrogens (primary N) is 1. The Morgan fingerprint density at radius 2 is 1.88 bits per heavy atom. The highest BCUT2D eigenvalue weighted by atomic mass is 35.5. The van der Waals surface area contributed by atoms with Gasteiger partial charge in [0.25, 0.3) is 0 Å². The van der Waals surface area contributed by atoms with Crippen LogP contribution in [-0.2, 0) is 0 Å². The first-order valence-electron chi connectivity index (χ1n) is 6.39. The zero-order valence-electron chi connectivity index (χ0n) is 11.0. The smallest absolute Gasteiger partial charge is 0.0115 e. The summed E-state index contributed by atoms with van der Waals surface area (Å²) in [7, 11) is 0. The van der Waals surface area contributed by atoms with E-state index in [1.807, 2.05) is 0 Å². The van der Waals surface area contributed by atoms with Gasteiger partial charge in [-0.1, -0.05) is 27.2 Å². The first kappa shape index (κ1) is 14.3. The Balaban J connectivity index is 0.00000128. The van der Waals surface area contributed by atoms with Gasteiger partial charge in [-0.15, -0.1) is 12.4 Å². The average molecular weight is 247 g/mol. The molecule has 1 heterocycles. The van der Waals surface area contributed by atoms with E-state index in [0.29, 0.717) is 16.9 Å². The van der Waals surface area contributed by atoms with E-state index in [-0.39, 0.29) is 12.4 Å². The van der Waals surface area contributed by atoms with Crippen LogP contribution in [0.3, 0.4) is 0 Å². The molecule has 1 aliphatic carbocycles. The quantitative estimate of drug-likeness (QED) is 0.812. The normalized spacial score (nSPS) is 32.6. The molecule has 0 radical (unpaired) electrons. The van der Waals surface area contributed by atoms with Crippen molar-refractivity contribution >= 4 is 12.4 Å². The lowest BCUT2D eigenvalue weighted by Crippen LogP contribution is -2.54. The SMILES string of the molecule is CC1(CN2CCC(N)C(C)(C)C2)CCC1.Cl. The van der Waals surface area contributed by atoms with Crippen molar-refractivity contribution in [3.05, 3.63) is 0 Å². The minimum Gasteiger partial charge on any atom is -0.327 e. The highest BCUT2D eigenvalue weighted by Crippen LogP contribution is 2.42. The zero-order valence-corrected chi connectivity index (χ0v) is 11.8. The molecule has 0 spiro atoms. The fraction of sp³-hybridized carbons (Fsp3) is 1.00. The second-order valence-corrected chi connectivity index (χ2v) is 6.76. The lowest BCUT2D eigenvalue weighted by Gasteiger charge is -2.48. The molecule has 1 atom stereocenters. The summed E-state index contributed by atoms with van der Waals surface area (Å²) in [4.78, 5) is 2.64. The monoisotopic (exact) mass is 246 g/mol. The fourth-order valence-electron chi connectivity index (χ4n) is 3.10. The van der Waals surface area contributed by atoms with E-state index in [2.05, 4.69) is 25.7 Å². The van der Waals surface area contributed by atoms with Gasteiger partial charge in [0.1, 0.15) is 0 Å². The lowest BCUT2D eigenvalue weighted by atomic mass is 9.69. The van der Waals surface area contributed by atoms with Gasteiger partial charge >= 0.3 is 0 Å². The number of likely N-dealkylation sites (tertiary alicyclic amines) is 1. The fourth-order valence-corrected chi connectivity index (χ4v) is 3.10. The van der Waals surface area contributed by atoms with Crippen molar-refractivity contribution < 1.29 is 0 Å². The van der Waals surface area contributed by atoms with Crippen molar-refractivity contribution in [3.8, 4) is 0 Å². The third-order valence-electron chi connectivity index (χ3n) is 4.56. The van der Waals surface area contributed by atoms with Gasteiger partial charge in [0.2, 0.25) is 0 Å². The molecule has 1 aliphatic heterocycles. The molecule has 96 valence electrons. The van der Waals surface area contributed by atoms with Crippen molar-refractivity contribution in [2.75, 3.05) is 19.6 Å². The van der Waals surface area contributed by atoms with Crippen LogP contribution in [0.2, 0.25) is 0 Å². The largest absolute Gasteiger partial charge is 0.327 e. The van der Waals surface area contributed by atoms with Crippen LogP contribution in [0.25, 0.3) is 0 Å². The van der Waals surface area contributed by atoms with Gasteiger partial charge in [0.05, 0.1) is 0 Å². The molecule has 16 heavy (non-hydrogen) atoms. The van der Waals surface area contributed by atoms with Gasteiger partial charge in [0.15, 0.2) is 0 Å². The average Bonchev–Trinajstić information content (AvgIpc) is 2.08. The highest BCUT2D eigenvalue weighted by Gasteiger charge is 2.38. The van der Waals surface area contributed by atoms with Crippen molar-refractivity contribution in [1.82, 2.24) is 4.90 Å². The molecule has 2 rings (SSSR count). The Kier molecular flexibility index (Phi) is 4.31. The molecule has 0 amide bonds. The summed E-state index contributed by atoms with van der Waals surface area (Å²) in [5, 5.41) is 0. The maximum absolute atomic E-state index is 6.16. The van der Waals surface area contributed by atoms with Gasteiger partial charge in [-0.2, -0.15) is 0 Å². The highest BCUT2D eigenvalue weighted by molar-refractivity contribution is 5.85. The molecule has 0 bridgehead atoms. The van der Waals surface area contributed by atoms with Crippen LogP contribution in [0.5, 0.6) is 0 Å².